The van der Waals surface area contributed by atoms with E-state index < -0.39 is 16.1 Å². The molecule has 1 aliphatic heterocycles. The average Bonchev–Trinajstić information content (AvgIpc) is 2.43. The Morgan fingerprint density at radius 1 is 1.19 bits per heavy atom. The van der Waals surface area contributed by atoms with Gasteiger partial charge in [0.1, 0.15) is 5.75 Å². The van der Waals surface area contributed by atoms with Gasteiger partial charge < -0.3 is 9.84 Å². The van der Waals surface area contributed by atoms with Crippen LogP contribution in [-0.2, 0) is 10.0 Å². The zero-order valence-corrected chi connectivity index (χ0v) is 13.8. The van der Waals surface area contributed by atoms with Gasteiger partial charge in [-0.2, -0.15) is 4.31 Å². The van der Waals surface area contributed by atoms with Crippen molar-refractivity contribution < 1.29 is 18.3 Å². The number of ether oxygens (including phenoxy) is 1. The molecule has 0 aliphatic carbocycles. The lowest BCUT2D eigenvalue weighted by atomic mass is 10.1. The summed E-state index contributed by atoms with van der Waals surface area (Å²) < 4.78 is 32.5. The van der Waals surface area contributed by atoms with Crippen molar-refractivity contribution in [3.8, 4) is 5.75 Å². The minimum atomic E-state index is -3.53. The maximum Gasteiger partial charge on any atom is 0.243 e. The predicted octanol–water partition coefficient (Wildman–Crippen LogP) is 1.77. The highest BCUT2D eigenvalue weighted by Gasteiger charge is 2.31. The number of sulfonamides is 1. The lowest BCUT2D eigenvalue weighted by Crippen LogP contribution is -2.40. The van der Waals surface area contributed by atoms with Gasteiger partial charge in [-0.1, -0.05) is 0 Å². The van der Waals surface area contributed by atoms with Crippen LogP contribution in [0.15, 0.2) is 11.0 Å². The van der Waals surface area contributed by atoms with Gasteiger partial charge in [-0.05, 0) is 56.4 Å². The minimum Gasteiger partial charge on any atom is -0.496 e. The molecule has 0 spiro atoms. The summed E-state index contributed by atoms with van der Waals surface area (Å²) in [6.45, 7) is 6.21. The summed E-state index contributed by atoms with van der Waals surface area (Å²) in [7, 11) is -1.94. The van der Waals surface area contributed by atoms with Crippen LogP contribution >= 0.6 is 0 Å². The second-order valence-electron chi connectivity index (χ2n) is 5.61. The first-order chi connectivity index (χ1) is 9.78. The average molecular weight is 313 g/mol. The Labute approximate surface area is 126 Å². The van der Waals surface area contributed by atoms with Crippen molar-refractivity contribution in [2.45, 2.75) is 44.6 Å². The fourth-order valence-electron chi connectivity index (χ4n) is 2.84. The molecule has 0 atom stereocenters. The fourth-order valence-corrected chi connectivity index (χ4v) is 4.80. The molecular weight excluding hydrogens is 290 g/mol. The number of methoxy groups -OCH3 is 1. The van der Waals surface area contributed by atoms with Crippen molar-refractivity contribution in [1.82, 2.24) is 4.31 Å². The van der Waals surface area contributed by atoms with E-state index in [0.29, 0.717) is 42.1 Å². The van der Waals surface area contributed by atoms with Crippen molar-refractivity contribution in [2.75, 3.05) is 20.2 Å². The lowest BCUT2D eigenvalue weighted by Gasteiger charge is -2.30. The van der Waals surface area contributed by atoms with Gasteiger partial charge >= 0.3 is 0 Å². The molecule has 5 nitrogen and oxygen atoms in total. The molecule has 1 aliphatic rings. The second kappa shape index (κ2) is 5.94. The Bertz CT molecular complexity index is 632. The topological polar surface area (TPSA) is 66.8 Å². The number of aliphatic hydroxyl groups excluding tert-OH is 1. The van der Waals surface area contributed by atoms with Crippen LogP contribution in [0.1, 0.15) is 29.5 Å². The molecule has 0 aromatic heterocycles. The van der Waals surface area contributed by atoms with Crippen molar-refractivity contribution in [2.24, 2.45) is 0 Å². The van der Waals surface area contributed by atoms with E-state index in [1.807, 2.05) is 13.8 Å². The van der Waals surface area contributed by atoms with Gasteiger partial charge in [0.25, 0.3) is 0 Å². The maximum absolute atomic E-state index is 12.9. The molecule has 0 bridgehead atoms. The second-order valence-corrected chi connectivity index (χ2v) is 7.48. The fraction of sp³-hybridized carbons (Fsp3) is 0.600. The van der Waals surface area contributed by atoms with Crippen LogP contribution in [-0.4, -0.2) is 44.1 Å². The minimum absolute atomic E-state index is 0.369. The highest BCUT2D eigenvalue weighted by molar-refractivity contribution is 7.89. The van der Waals surface area contributed by atoms with Crippen molar-refractivity contribution in [3.63, 3.8) is 0 Å². The molecule has 1 aromatic carbocycles. The summed E-state index contributed by atoms with van der Waals surface area (Å²) in [4.78, 5) is 0.372. The van der Waals surface area contributed by atoms with Crippen LogP contribution < -0.4 is 4.74 Å². The largest absolute Gasteiger partial charge is 0.496 e. The molecule has 21 heavy (non-hydrogen) atoms. The summed E-state index contributed by atoms with van der Waals surface area (Å²) in [5.41, 5.74) is 2.28. The van der Waals surface area contributed by atoms with Crippen molar-refractivity contribution >= 4 is 10.0 Å². The first-order valence-electron chi connectivity index (χ1n) is 7.12. The van der Waals surface area contributed by atoms with E-state index >= 15 is 0 Å². The van der Waals surface area contributed by atoms with Crippen LogP contribution in [0.4, 0.5) is 0 Å². The summed E-state index contributed by atoms with van der Waals surface area (Å²) >= 11 is 0. The highest BCUT2D eigenvalue weighted by atomic mass is 32.2. The number of hydrogen-bond acceptors (Lipinski definition) is 4. The molecule has 0 unspecified atom stereocenters. The Balaban J connectivity index is 2.48. The Kier molecular flexibility index (Phi) is 4.60. The molecule has 1 N–H and O–H groups in total. The third kappa shape index (κ3) is 2.93. The smallest absolute Gasteiger partial charge is 0.243 e. The van der Waals surface area contributed by atoms with Crippen LogP contribution in [0, 0.1) is 20.8 Å². The predicted molar refractivity (Wildman–Crippen MR) is 81.2 cm³/mol. The molecule has 118 valence electrons. The van der Waals surface area contributed by atoms with Crippen LogP contribution in [0.5, 0.6) is 5.75 Å². The number of aryl methyl sites for hydroxylation is 1. The van der Waals surface area contributed by atoms with Gasteiger partial charge in [-0.25, -0.2) is 8.42 Å². The molecular formula is C15H23NO4S. The number of nitrogens with zero attached hydrogens (tertiary/aromatic N) is 1. The van der Waals surface area contributed by atoms with E-state index in [1.54, 1.807) is 20.1 Å². The van der Waals surface area contributed by atoms with Gasteiger partial charge in [0, 0.05) is 13.1 Å². The van der Waals surface area contributed by atoms with Crippen LogP contribution in [0.3, 0.4) is 0 Å². The van der Waals surface area contributed by atoms with E-state index in [9.17, 15) is 13.5 Å². The Morgan fingerprint density at radius 3 is 2.29 bits per heavy atom. The van der Waals surface area contributed by atoms with Crippen molar-refractivity contribution in [3.05, 3.63) is 22.8 Å². The normalized spacial score (nSPS) is 18.0. The highest BCUT2D eigenvalue weighted by Crippen LogP contribution is 2.33. The Morgan fingerprint density at radius 2 is 1.76 bits per heavy atom. The van der Waals surface area contributed by atoms with E-state index in [0.717, 1.165) is 11.1 Å². The van der Waals surface area contributed by atoms with E-state index in [-0.39, 0.29) is 0 Å². The molecule has 0 radical (unpaired) electrons. The molecule has 0 amide bonds. The first-order valence-corrected chi connectivity index (χ1v) is 8.56. The van der Waals surface area contributed by atoms with Gasteiger partial charge in [-0.15, -0.1) is 0 Å². The molecule has 1 fully saturated rings. The summed E-state index contributed by atoms with van der Waals surface area (Å²) in [6.07, 6.45) is 0.593. The van der Waals surface area contributed by atoms with Gasteiger partial charge in [0.15, 0.2) is 0 Å². The standard InChI is InChI=1S/C15H23NO4S/c1-10-9-14(20-4)11(2)12(3)15(10)21(18,19)16-7-5-13(17)6-8-16/h9,13,17H,5-8H2,1-4H3. The third-order valence-electron chi connectivity index (χ3n) is 4.22. The quantitative estimate of drug-likeness (QED) is 0.923. The van der Waals surface area contributed by atoms with Gasteiger partial charge in [-0.3, -0.25) is 0 Å². The SMILES string of the molecule is COc1cc(C)c(S(=O)(=O)N2CCC(O)CC2)c(C)c1C. The van der Waals surface area contributed by atoms with E-state index in [1.165, 1.54) is 4.31 Å². The van der Waals surface area contributed by atoms with Crippen LogP contribution in [0.25, 0.3) is 0 Å². The van der Waals surface area contributed by atoms with Gasteiger partial charge in [0.2, 0.25) is 10.0 Å². The monoisotopic (exact) mass is 313 g/mol. The third-order valence-corrected chi connectivity index (χ3v) is 6.41. The zero-order chi connectivity index (χ0) is 15.8. The number of rotatable bonds is 3. The molecule has 1 aromatic rings. The number of hydrogen-bond donors (Lipinski definition) is 1. The Hall–Kier alpha value is -1.11. The number of benzene rings is 1. The lowest BCUT2D eigenvalue weighted by molar-refractivity contribution is 0.113. The van der Waals surface area contributed by atoms with E-state index in [4.69, 9.17) is 4.74 Å². The zero-order valence-electron chi connectivity index (χ0n) is 13.0. The summed E-state index contributed by atoms with van der Waals surface area (Å²) in [6, 6.07) is 1.77. The van der Waals surface area contributed by atoms with Crippen molar-refractivity contribution in [1.29, 1.82) is 0 Å². The van der Waals surface area contributed by atoms with E-state index in [2.05, 4.69) is 0 Å². The molecule has 1 saturated heterocycles. The summed E-state index contributed by atoms with van der Waals surface area (Å²) in [5, 5.41) is 9.55. The molecule has 2 rings (SSSR count). The van der Waals surface area contributed by atoms with Gasteiger partial charge in [0.05, 0.1) is 18.1 Å². The number of aliphatic hydroxyl groups is 1. The summed E-state index contributed by atoms with van der Waals surface area (Å²) in [5.74, 6) is 0.706. The molecule has 6 heteroatoms. The molecule has 1 heterocycles. The maximum atomic E-state index is 12.9. The van der Waals surface area contributed by atoms with Crippen LogP contribution in [0.2, 0.25) is 0 Å². The first kappa shape index (κ1) is 16.3. The molecule has 0 saturated carbocycles. The number of piperidine rings is 1.